The monoisotopic (exact) mass is 599 g/mol. The number of nitrogens with one attached hydrogen (secondary N) is 1. The highest BCUT2D eigenvalue weighted by molar-refractivity contribution is 7.92. The predicted molar refractivity (Wildman–Crippen MR) is 153 cm³/mol. The first-order valence-corrected chi connectivity index (χ1v) is 15.3. The first-order valence-electron chi connectivity index (χ1n) is 12.7. The van der Waals surface area contributed by atoms with Crippen LogP contribution >= 0.6 is 23.2 Å². The summed E-state index contributed by atoms with van der Waals surface area (Å²) in [6, 6.07) is 8.67. The minimum absolute atomic E-state index is 0.0330. The van der Waals surface area contributed by atoms with Gasteiger partial charge in [0.1, 0.15) is 24.1 Å². The van der Waals surface area contributed by atoms with Crippen LogP contribution in [0.4, 0.5) is 5.69 Å². The van der Waals surface area contributed by atoms with Crippen molar-refractivity contribution in [3.63, 3.8) is 0 Å². The van der Waals surface area contributed by atoms with Gasteiger partial charge in [0, 0.05) is 34.3 Å². The molecule has 1 N–H and O–H groups in total. The molecule has 1 unspecified atom stereocenters. The van der Waals surface area contributed by atoms with Crippen LogP contribution < -0.4 is 19.1 Å². The van der Waals surface area contributed by atoms with Crippen LogP contribution in [0.3, 0.4) is 0 Å². The molecule has 214 valence electrons. The molecule has 9 nitrogen and oxygen atoms in total. The predicted octanol–water partition coefficient (Wildman–Crippen LogP) is 4.64. The molecular formula is C27H35Cl2N3O6S. The maximum Gasteiger partial charge on any atom is 0.244 e. The molecule has 0 bridgehead atoms. The summed E-state index contributed by atoms with van der Waals surface area (Å²) in [4.78, 5) is 28.5. The van der Waals surface area contributed by atoms with Gasteiger partial charge in [0.2, 0.25) is 21.8 Å². The van der Waals surface area contributed by atoms with E-state index in [1.54, 1.807) is 31.2 Å². The van der Waals surface area contributed by atoms with Crippen LogP contribution in [-0.2, 0) is 26.2 Å². The number of amides is 2. The molecule has 12 heteroatoms. The van der Waals surface area contributed by atoms with Gasteiger partial charge >= 0.3 is 0 Å². The maximum atomic E-state index is 13.8. The van der Waals surface area contributed by atoms with Gasteiger partial charge in [-0.15, -0.1) is 0 Å². The Morgan fingerprint density at radius 1 is 1.05 bits per heavy atom. The molecule has 0 saturated heterocycles. The zero-order valence-electron chi connectivity index (χ0n) is 22.6. The Labute approximate surface area is 240 Å². The lowest BCUT2D eigenvalue weighted by molar-refractivity contribution is -0.139. The second-order valence-electron chi connectivity index (χ2n) is 9.55. The van der Waals surface area contributed by atoms with Crippen molar-refractivity contribution in [2.75, 3.05) is 31.3 Å². The van der Waals surface area contributed by atoms with Crippen molar-refractivity contribution in [2.24, 2.45) is 0 Å². The van der Waals surface area contributed by atoms with E-state index in [-0.39, 0.29) is 29.9 Å². The number of benzene rings is 2. The van der Waals surface area contributed by atoms with E-state index in [0.29, 0.717) is 21.4 Å². The average molecular weight is 601 g/mol. The van der Waals surface area contributed by atoms with Gasteiger partial charge in [-0.1, -0.05) is 48.5 Å². The lowest BCUT2D eigenvalue weighted by atomic mass is 9.95. The quantitative estimate of drug-likeness (QED) is 0.403. The van der Waals surface area contributed by atoms with Crippen LogP contribution in [0.15, 0.2) is 36.4 Å². The minimum atomic E-state index is -3.94. The summed E-state index contributed by atoms with van der Waals surface area (Å²) in [5.74, 6) is -0.276. The van der Waals surface area contributed by atoms with Crippen LogP contribution in [0.5, 0.6) is 11.5 Å². The Balaban J connectivity index is 1.96. The van der Waals surface area contributed by atoms with Crippen molar-refractivity contribution >= 4 is 50.7 Å². The van der Waals surface area contributed by atoms with Crippen LogP contribution in [0.2, 0.25) is 10.0 Å². The summed E-state index contributed by atoms with van der Waals surface area (Å²) in [5, 5.41) is 3.71. The molecular weight excluding hydrogens is 565 g/mol. The molecule has 39 heavy (non-hydrogen) atoms. The zero-order valence-corrected chi connectivity index (χ0v) is 24.9. The number of hydrogen-bond donors (Lipinski definition) is 1. The molecule has 2 amide bonds. The molecule has 0 spiro atoms. The molecule has 0 radical (unpaired) electrons. The fourth-order valence-electron chi connectivity index (χ4n) is 4.59. The van der Waals surface area contributed by atoms with Crippen LogP contribution in [-0.4, -0.2) is 64.2 Å². The normalized spacial score (nSPS) is 14.8. The Morgan fingerprint density at radius 2 is 1.69 bits per heavy atom. The fraction of sp³-hybridized carbons (Fsp3) is 0.481. The SMILES string of the molecule is COc1ccc(N(CC(=O)N(Cc2c(Cl)cccc2Cl)C(C)C(=O)NC2CCCCC2)S(C)(=O)=O)c(OC)c1. The molecule has 0 aliphatic heterocycles. The third kappa shape index (κ3) is 7.93. The second-order valence-corrected chi connectivity index (χ2v) is 12.3. The average Bonchev–Trinajstić information content (AvgIpc) is 2.90. The highest BCUT2D eigenvalue weighted by atomic mass is 35.5. The Kier molecular flexibility index (Phi) is 10.7. The van der Waals surface area contributed by atoms with E-state index in [0.717, 1.165) is 42.7 Å². The van der Waals surface area contributed by atoms with E-state index >= 15 is 0 Å². The Hall–Kier alpha value is -2.69. The number of sulfonamides is 1. The first kappa shape index (κ1) is 30.8. The number of rotatable bonds is 11. The summed E-state index contributed by atoms with van der Waals surface area (Å²) >= 11 is 12.8. The van der Waals surface area contributed by atoms with Gasteiger partial charge in [-0.25, -0.2) is 8.42 Å². The molecule has 2 aromatic carbocycles. The third-order valence-corrected chi connectivity index (χ3v) is 8.68. The summed E-state index contributed by atoms with van der Waals surface area (Å²) < 4.78 is 37.3. The zero-order chi connectivity index (χ0) is 28.7. The van der Waals surface area contributed by atoms with Gasteiger partial charge < -0.3 is 19.7 Å². The van der Waals surface area contributed by atoms with Crippen molar-refractivity contribution in [3.8, 4) is 11.5 Å². The van der Waals surface area contributed by atoms with E-state index in [4.69, 9.17) is 32.7 Å². The second kappa shape index (κ2) is 13.6. The van der Waals surface area contributed by atoms with E-state index < -0.39 is 28.5 Å². The molecule has 1 aliphatic rings. The van der Waals surface area contributed by atoms with Crippen LogP contribution in [0, 0.1) is 0 Å². The van der Waals surface area contributed by atoms with Crippen molar-refractivity contribution in [1.82, 2.24) is 10.2 Å². The number of nitrogens with zero attached hydrogens (tertiary/aromatic N) is 2. The number of ether oxygens (including phenoxy) is 2. The third-order valence-electron chi connectivity index (χ3n) is 6.84. The molecule has 3 rings (SSSR count). The van der Waals surface area contributed by atoms with Gasteiger partial charge in [-0.3, -0.25) is 13.9 Å². The summed E-state index contributed by atoms with van der Waals surface area (Å²) in [6.45, 7) is 0.943. The molecule has 0 aromatic heterocycles. The molecule has 1 fully saturated rings. The summed E-state index contributed by atoms with van der Waals surface area (Å²) in [5.41, 5.74) is 0.614. The fourth-order valence-corrected chi connectivity index (χ4v) is 5.96. The number of anilines is 1. The van der Waals surface area contributed by atoms with Gasteiger partial charge in [0.15, 0.2) is 0 Å². The van der Waals surface area contributed by atoms with Crippen LogP contribution in [0.1, 0.15) is 44.6 Å². The van der Waals surface area contributed by atoms with Crippen molar-refractivity contribution in [1.29, 1.82) is 0 Å². The van der Waals surface area contributed by atoms with Crippen molar-refractivity contribution in [3.05, 3.63) is 52.0 Å². The highest BCUT2D eigenvalue weighted by Crippen LogP contribution is 2.34. The van der Waals surface area contributed by atoms with Gasteiger partial charge in [-0.2, -0.15) is 0 Å². The Bertz CT molecular complexity index is 1260. The molecule has 1 saturated carbocycles. The highest BCUT2D eigenvalue weighted by Gasteiger charge is 2.33. The molecule has 0 heterocycles. The van der Waals surface area contributed by atoms with Gasteiger partial charge in [-0.05, 0) is 44.0 Å². The summed E-state index contributed by atoms with van der Waals surface area (Å²) in [6.07, 6.45) is 5.95. The lowest BCUT2D eigenvalue weighted by Gasteiger charge is -2.33. The number of hydrogen-bond acceptors (Lipinski definition) is 6. The first-order chi connectivity index (χ1) is 18.5. The summed E-state index contributed by atoms with van der Waals surface area (Å²) in [7, 11) is -1.08. The van der Waals surface area contributed by atoms with E-state index in [9.17, 15) is 18.0 Å². The topological polar surface area (TPSA) is 105 Å². The molecule has 1 aliphatic carbocycles. The number of methoxy groups -OCH3 is 2. The standard InChI is InChI=1S/C27H35Cl2N3O6S/c1-18(27(34)30-19-9-6-5-7-10-19)31(16-21-22(28)11-8-12-23(21)29)26(33)17-32(39(4,35)36)24-14-13-20(37-2)15-25(24)38-3/h8,11-15,18-19H,5-7,9-10,16-17H2,1-4H3,(H,30,34). The van der Waals surface area contributed by atoms with Crippen molar-refractivity contribution in [2.45, 2.75) is 57.7 Å². The molecule has 1 atom stereocenters. The largest absolute Gasteiger partial charge is 0.497 e. The smallest absolute Gasteiger partial charge is 0.244 e. The van der Waals surface area contributed by atoms with Gasteiger partial charge in [0.05, 0.1) is 26.2 Å². The number of halogens is 2. The number of carbonyl (C=O) groups excluding carboxylic acids is 2. The minimum Gasteiger partial charge on any atom is -0.497 e. The van der Waals surface area contributed by atoms with E-state index in [2.05, 4.69) is 5.32 Å². The van der Waals surface area contributed by atoms with Gasteiger partial charge in [0.25, 0.3) is 0 Å². The lowest BCUT2D eigenvalue weighted by Crippen LogP contribution is -2.53. The molecule has 2 aromatic rings. The maximum absolute atomic E-state index is 13.8. The van der Waals surface area contributed by atoms with E-state index in [1.165, 1.54) is 31.3 Å². The Morgan fingerprint density at radius 3 is 2.26 bits per heavy atom. The van der Waals surface area contributed by atoms with Crippen LogP contribution in [0.25, 0.3) is 0 Å². The number of carbonyl (C=O) groups is 2. The van der Waals surface area contributed by atoms with Crippen molar-refractivity contribution < 1.29 is 27.5 Å². The van der Waals surface area contributed by atoms with E-state index in [1.807, 2.05) is 0 Å².